The van der Waals surface area contributed by atoms with Gasteiger partial charge in [0.2, 0.25) is 0 Å². The van der Waals surface area contributed by atoms with Crippen LogP contribution in [-0.4, -0.2) is 50.0 Å². The van der Waals surface area contributed by atoms with Crippen LogP contribution >= 0.6 is 0 Å². The van der Waals surface area contributed by atoms with Gasteiger partial charge in [0.05, 0.1) is 26.4 Å². The van der Waals surface area contributed by atoms with E-state index in [1.807, 2.05) is 12.1 Å². The van der Waals surface area contributed by atoms with Crippen molar-refractivity contribution in [2.45, 2.75) is 6.10 Å². The Labute approximate surface area is 124 Å². The smallest absolute Gasteiger partial charge is 0.119 e. The monoisotopic (exact) mass is 287 g/mol. The van der Waals surface area contributed by atoms with Gasteiger partial charge in [-0.1, -0.05) is 18.2 Å². The molecule has 0 saturated carbocycles. The van der Waals surface area contributed by atoms with Crippen LogP contribution in [0.2, 0.25) is 0 Å². The summed E-state index contributed by atoms with van der Waals surface area (Å²) in [5.41, 5.74) is 1.19. The summed E-state index contributed by atoms with van der Waals surface area (Å²) < 4.78 is 11.1. The predicted octanol–water partition coefficient (Wildman–Crippen LogP) is 2.21. The number of benzene rings is 2. The molecule has 0 bridgehead atoms. The number of rotatable bonds is 4. The van der Waals surface area contributed by atoms with Crippen LogP contribution in [-0.2, 0) is 4.74 Å². The zero-order chi connectivity index (χ0) is 14.7. The molecule has 1 N–H and O–H groups in total. The van der Waals surface area contributed by atoms with Crippen LogP contribution in [0.25, 0.3) is 10.8 Å². The number of β-amino-alcohol motifs (C(OH)–C–C–N with tert-alkyl or cyclic N) is 1. The van der Waals surface area contributed by atoms with E-state index in [-0.39, 0.29) is 12.7 Å². The van der Waals surface area contributed by atoms with Gasteiger partial charge in [-0.15, -0.1) is 0 Å². The summed E-state index contributed by atoms with van der Waals surface area (Å²) in [6, 6.07) is 12.5. The number of hydrogen-bond acceptors (Lipinski definition) is 4. The average molecular weight is 287 g/mol. The fourth-order valence-corrected chi connectivity index (χ4v) is 2.82. The van der Waals surface area contributed by atoms with E-state index in [9.17, 15) is 0 Å². The van der Waals surface area contributed by atoms with Crippen molar-refractivity contribution in [2.75, 3.05) is 40.0 Å². The second-order valence-electron chi connectivity index (χ2n) is 5.36. The molecule has 0 spiro atoms. The highest BCUT2D eigenvalue weighted by atomic mass is 16.5. The van der Waals surface area contributed by atoms with Gasteiger partial charge in [-0.3, -0.25) is 4.90 Å². The molecule has 0 aromatic heterocycles. The molecule has 0 amide bonds. The zero-order valence-corrected chi connectivity index (χ0v) is 12.3. The minimum Gasteiger partial charge on any atom is -0.497 e. The number of hydrogen-bond donors (Lipinski definition) is 1. The highest BCUT2D eigenvalue weighted by Gasteiger charge is 2.21. The third-order valence-electron chi connectivity index (χ3n) is 4.01. The van der Waals surface area contributed by atoms with Gasteiger partial charge >= 0.3 is 0 Å². The molecule has 0 aliphatic carbocycles. The molecule has 4 heteroatoms. The van der Waals surface area contributed by atoms with Crippen LogP contribution in [0.4, 0.5) is 0 Å². The van der Waals surface area contributed by atoms with E-state index in [1.165, 1.54) is 16.3 Å². The van der Waals surface area contributed by atoms with Crippen LogP contribution < -0.4 is 4.74 Å². The second kappa shape index (κ2) is 6.43. The lowest BCUT2D eigenvalue weighted by Gasteiger charge is -2.32. The quantitative estimate of drug-likeness (QED) is 0.936. The van der Waals surface area contributed by atoms with Crippen molar-refractivity contribution in [1.29, 1.82) is 0 Å². The Bertz CT molecular complexity index is 612. The molecule has 0 radical (unpaired) electrons. The normalized spacial score (nSPS) is 19.8. The van der Waals surface area contributed by atoms with E-state index in [2.05, 4.69) is 29.2 Å². The maximum atomic E-state index is 9.07. The molecule has 1 fully saturated rings. The maximum Gasteiger partial charge on any atom is 0.119 e. The summed E-state index contributed by atoms with van der Waals surface area (Å²) in [6.45, 7) is 3.35. The number of morpholine rings is 1. The van der Waals surface area contributed by atoms with Crippen molar-refractivity contribution in [3.63, 3.8) is 0 Å². The summed E-state index contributed by atoms with van der Waals surface area (Å²) in [5, 5.41) is 11.4. The Hall–Kier alpha value is -1.62. The van der Waals surface area contributed by atoms with Gasteiger partial charge in [0.1, 0.15) is 5.75 Å². The SMILES string of the molecule is COc1ccc2cc([C@@H]3CN(CCO)CCO3)ccc2c1. The molecular weight excluding hydrogens is 266 g/mol. The highest BCUT2D eigenvalue weighted by molar-refractivity contribution is 5.84. The van der Waals surface area contributed by atoms with E-state index in [0.29, 0.717) is 13.2 Å². The summed E-state index contributed by atoms with van der Waals surface area (Å²) in [4.78, 5) is 2.24. The first-order chi connectivity index (χ1) is 10.3. The van der Waals surface area contributed by atoms with Crippen LogP contribution in [0.15, 0.2) is 36.4 Å². The first-order valence-corrected chi connectivity index (χ1v) is 7.32. The molecule has 1 aliphatic heterocycles. The van der Waals surface area contributed by atoms with Crippen molar-refractivity contribution in [1.82, 2.24) is 4.90 Å². The fraction of sp³-hybridized carbons (Fsp3) is 0.412. The van der Waals surface area contributed by atoms with Crippen LogP contribution in [0.5, 0.6) is 5.75 Å². The van der Waals surface area contributed by atoms with Crippen molar-refractivity contribution < 1.29 is 14.6 Å². The number of fused-ring (bicyclic) bond motifs is 1. The van der Waals surface area contributed by atoms with Crippen molar-refractivity contribution in [2.24, 2.45) is 0 Å². The molecule has 21 heavy (non-hydrogen) atoms. The molecule has 2 aromatic rings. The molecular formula is C17H21NO3. The summed E-state index contributed by atoms with van der Waals surface area (Å²) in [5.74, 6) is 0.873. The molecule has 112 valence electrons. The van der Waals surface area contributed by atoms with E-state index in [1.54, 1.807) is 7.11 Å². The zero-order valence-electron chi connectivity index (χ0n) is 12.3. The first kappa shape index (κ1) is 14.3. The lowest BCUT2D eigenvalue weighted by Crippen LogP contribution is -2.39. The third kappa shape index (κ3) is 3.18. The lowest BCUT2D eigenvalue weighted by molar-refractivity contribution is -0.0337. The molecule has 3 rings (SSSR count). The van der Waals surface area contributed by atoms with Crippen molar-refractivity contribution in [3.05, 3.63) is 42.0 Å². The Morgan fingerprint density at radius 1 is 1.24 bits per heavy atom. The molecule has 0 unspecified atom stereocenters. The summed E-state index contributed by atoms with van der Waals surface area (Å²) >= 11 is 0. The van der Waals surface area contributed by atoms with Gasteiger partial charge < -0.3 is 14.6 Å². The molecule has 1 aliphatic rings. The summed E-state index contributed by atoms with van der Waals surface area (Å²) in [7, 11) is 1.68. The minimum absolute atomic E-state index is 0.0804. The number of aliphatic hydroxyl groups is 1. The van der Waals surface area contributed by atoms with Crippen LogP contribution in [0.3, 0.4) is 0 Å². The lowest BCUT2D eigenvalue weighted by atomic mass is 10.0. The van der Waals surface area contributed by atoms with E-state index in [4.69, 9.17) is 14.6 Å². The Kier molecular flexibility index (Phi) is 4.39. The molecule has 1 saturated heterocycles. The Morgan fingerprint density at radius 3 is 2.86 bits per heavy atom. The number of ether oxygens (including phenoxy) is 2. The first-order valence-electron chi connectivity index (χ1n) is 7.32. The largest absolute Gasteiger partial charge is 0.497 e. The molecule has 4 nitrogen and oxygen atoms in total. The third-order valence-corrected chi connectivity index (χ3v) is 4.01. The van der Waals surface area contributed by atoms with Crippen molar-refractivity contribution >= 4 is 10.8 Å². The summed E-state index contributed by atoms with van der Waals surface area (Å²) in [6.07, 6.45) is 0.0804. The van der Waals surface area contributed by atoms with Crippen LogP contribution in [0, 0.1) is 0 Å². The molecule has 2 aromatic carbocycles. The predicted molar refractivity (Wildman–Crippen MR) is 82.7 cm³/mol. The maximum absolute atomic E-state index is 9.07. The fourth-order valence-electron chi connectivity index (χ4n) is 2.82. The Morgan fingerprint density at radius 2 is 2.05 bits per heavy atom. The highest BCUT2D eigenvalue weighted by Crippen LogP contribution is 2.27. The van der Waals surface area contributed by atoms with Crippen molar-refractivity contribution in [3.8, 4) is 5.75 Å². The Balaban J connectivity index is 1.83. The number of methoxy groups -OCH3 is 1. The van der Waals surface area contributed by atoms with Crippen LogP contribution in [0.1, 0.15) is 11.7 Å². The second-order valence-corrected chi connectivity index (χ2v) is 5.36. The topological polar surface area (TPSA) is 41.9 Å². The molecule has 1 atom stereocenters. The number of aliphatic hydroxyl groups excluding tert-OH is 1. The van der Waals surface area contributed by atoms with E-state index < -0.39 is 0 Å². The van der Waals surface area contributed by atoms with Gasteiger partial charge in [-0.25, -0.2) is 0 Å². The van der Waals surface area contributed by atoms with Gasteiger partial charge in [-0.2, -0.15) is 0 Å². The number of nitrogens with zero attached hydrogens (tertiary/aromatic N) is 1. The van der Waals surface area contributed by atoms with Gasteiger partial charge in [0, 0.05) is 19.6 Å². The average Bonchev–Trinajstić information content (AvgIpc) is 2.54. The standard InChI is InChI=1S/C17H21NO3/c1-20-16-5-4-13-10-15(3-2-14(13)11-16)17-12-18(6-8-19)7-9-21-17/h2-5,10-11,17,19H,6-9,12H2,1H3/t17-/m0/s1. The van der Waals surface area contributed by atoms with E-state index >= 15 is 0 Å². The van der Waals surface area contributed by atoms with Gasteiger partial charge in [0.15, 0.2) is 0 Å². The van der Waals surface area contributed by atoms with E-state index in [0.717, 1.165) is 18.8 Å². The minimum atomic E-state index is 0.0804. The molecule has 1 heterocycles. The van der Waals surface area contributed by atoms with Gasteiger partial charge in [-0.05, 0) is 34.5 Å². The van der Waals surface area contributed by atoms with Gasteiger partial charge in [0.25, 0.3) is 0 Å².